The van der Waals surface area contributed by atoms with E-state index in [1.54, 1.807) is 0 Å². The molecule has 0 amide bonds. The molecule has 22 heavy (non-hydrogen) atoms. The van der Waals surface area contributed by atoms with E-state index in [0.29, 0.717) is 10.7 Å². The molecule has 1 aliphatic carbocycles. The van der Waals surface area contributed by atoms with Crippen LogP contribution in [0.1, 0.15) is 40.8 Å². The van der Waals surface area contributed by atoms with E-state index in [1.807, 2.05) is 23.1 Å². The van der Waals surface area contributed by atoms with Gasteiger partial charge in [-0.25, -0.2) is 0 Å². The fraction of sp³-hybridized carbons (Fsp3) is 0.474. The highest BCUT2D eigenvalue weighted by molar-refractivity contribution is 8.00. The Labute approximate surface area is 142 Å². The van der Waals surface area contributed by atoms with Gasteiger partial charge in [0.15, 0.2) is 0 Å². The van der Waals surface area contributed by atoms with Crippen molar-refractivity contribution in [3.8, 4) is 0 Å². The zero-order chi connectivity index (χ0) is 16.1. The average Bonchev–Trinajstić information content (AvgIpc) is 2.98. The Morgan fingerprint density at radius 1 is 1.18 bits per heavy atom. The van der Waals surface area contributed by atoms with Gasteiger partial charge >= 0.3 is 0 Å². The number of benzene rings is 1. The van der Waals surface area contributed by atoms with Gasteiger partial charge in [0, 0.05) is 28.3 Å². The molecule has 0 N–H and O–H groups in total. The second kappa shape index (κ2) is 5.61. The molecule has 0 radical (unpaired) electrons. The first kappa shape index (κ1) is 15.9. The number of aryl methyl sites for hydroxylation is 3. The Bertz CT molecular complexity index is 703. The van der Waals surface area contributed by atoms with Gasteiger partial charge in [-0.3, -0.25) is 0 Å². The lowest BCUT2D eigenvalue weighted by molar-refractivity contribution is 0.964. The van der Waals surface area contributed by atoms with Crippen molar-refractivity contribution in [1.29, 1.82) is 0 Å². The van der Waals surface area contributed by atoms with Crippen LogP contribution in [0.2, 0.25) is 0 Å². The minimum Gasteiger partial charge on any atom is -0.336 e. The van der Waals surface area contributed by atoms with Crippen LogP contribution in [-0.4, -0.2) is 18.1 Å². The predicted molar refractivity (Wildman–Crippen MR) is 102 cm³/mol. The van der Waals surface area contributed by atoms with E-state index in [9.17, 15) is 0 Å². The molecule has 3 heteroatoms. The number of nitrogens with zero attached hydrogens (tertiary/aromatic N) is 1. The molecule has 2 atom stereocenters. The third kappa shape index (κ3) is 2.69. The first-order valence-electron chi connectivity index (χ1n) is 7.82. The van der Waals surface area contributed by atoms with E-state index < -0.39 is 0 Å². The van der Waals surface area contributed by atoms with Crippen molar-refractivity contribution in [3.05, 3.63) is 45.8 Å². The van der Waals surface area contributed by atoms with Crippen LogP contribution >= 0.6 is 23.1 Å². The van der Waals surface area contributed by atoms with E-state index in [-0.39, 0.29) is 0 Å². The molecule has 2 unspecified atom stereocenters. The molecule has 1 heterocycles. The lowest BCUT2D eigenvalue weighted by Gasteiger charge is -2.23. The Balaban J connectivity index is 2.05. The summed E-state index contributed by atoms with van der Waals surface area (Å²) in [5.41, 5.74) is 5.69. The zero-order valence-electron chi connectivity index (χ0n) is 14.4. The molecule has 1 fully saturated rings. The summed E-state index contributed by atoms with van der Waals surface area (Å²) >= 11 is 3.88. The summed E-state index contributed by atoms with van der Waals surface area (Å²) < 4.78 is 0.419. The van der Waals surface area contributed by atoms with Gasteiger partial charge in [0.05, 0.1) is 5.00 Å². The van der Waals surface area contributed by atoms with Crippen molar-refractivity contribution in [3.63, 3.8) is 0 Å². The molecule has 2 aromatic rings. The quantitative estimate of drug-likeness (QED) is 0.671. The van der Waals surface area contributed by atoms with Crippen LogP contribution in [0, 0.1) is 20.8 Å². The van der Waals surface area contributed by atoms with Crippen LogP contribution in [0.5, 0.6) is 0 Å². The number of hydrogen-bond donors (Lipinski definition) is 0. The molecular weight excluding hydrogens is 306 g/mol. The van der Waals surface area contributed by atoms with Crippen molar-refractivity contribution in [2.45, 2.75) is 44.8 Å². The van der Waals surface area contributed by atoms with E-state index in [2.05, 4.69) is 70.2 Å². The predicted octanol–water partition coefficient (Wildman–Crippen LogP) is 6.05. The Morgan fingerprint density at radius 2 is 1.86 bits per heavy atom. The molecule has 1 aromatic heterocycles. The minimum atomic E-state index is 0.419. The van der Waals surface area contributed by atoms with Crippen LogP contribution in [0.4, 0.5) is 10.7 Å². The first-order valence-corrected chi connectivity index (χ1v) is 9.86. The maximum absolute atomic E-state index is 2.42. The van der Waals surface area contributed by atoms with Crippen molar-refractivity contribution >= 4 is 33.8 Å². The molecule has 3 rings (SSSR count). The van der Waals surface area contributed by atoms with Gasteiger partial charge in [-0.15, -0.1) is 11.3 Å². The molecule has 1 saturated carbocycles. The van der Waals surface area contributed by atoms with Crippen LogP contribution in [0.25, 0.3) is 0 Å². The summed E-state index contributed by atoms with van der Waals surface area (Å²) in [6.45, 7) is 9.03. The van der Waals surface area contributed by atoms with E-state index >= 15 is 0 Å². The second-order valence-electron chi connectivity index (χ2n) is 6.71. The molecule has 118 valence electrons. The van der Waals surface area contributed by atoms with Gasteiger partial charge in [-0.05, 0) is 75.3 Å². The number of thioether (sulfide) groups is 1. The SMILES string of the molecule is CSC1(C)CC1c1cc(C)c(C)cc1N(C)c1ccc(C)s1. The molecule has 1 aromatic carbocycles. The van der Waals surface area contributed by atoms with Crippen LogP contribution in [0.3, 0.4) is 0 Å². The van der Waals surface area contributed by atoms with Gasteiger partial charge in [0.25, 0.3) is 0 Å². The van der Waals surface area contributed by atoms with Crippen molar-refractivity contribution in [1.82, 2.24) is 0 Å². The van der Waals surface area contributed by atoms with Gasteiger partial charge < -0.3 is 4.90 Å². The van der Waals surface area contributed by atoms with Gasteiger partial charge in [0.1, 0.15) is 0 Å². The zero-order valence-corrected chi connectivity index (χ0v) is 16.0. The number of rotatable bonds is 4. The summed E-state index contributed by atoms with van der Waals surface area (Å²) in [5, 5.41) is 1.33. The highest BCUT2D eigenvalue weighted by atomic mass is 32.2. The lowest BCUT2D eigenvalue weighted by Crippen LogP contribution is -2.12. The van der Waals surface area contributed by atoms with Crippen LogP contribution in [0.15, 0.2) is 24.3 Å². The van der Waals surface area contributed by atoms with Crippen molar-refractivity contribution in [2.24, 2.45) is 0 Å². The molecule has 0 bridgehead atoms. The van der Waals surface area contributed by atoms with Gasteiger partial charge in [0.2, 0.25) is 0 Å². The Morgan fingerprint density at radius 3 is 2.41 bits per heavy atom. The Kier molecular flexibility index (Phi) is 4.07. The third-order valence-corrected chi connectivity index (χ3v) is 7.55. The minimum absolute atomic E-state index is 0.419. The summed E-state index contributed by atoms with van der Waals surface area (Å²) in [5.74, 6) is 0.681. The summed E-state index contributed by atoms with van der Waals surface area (Å²) in [4.78, 5) is 3.74. The van der Waals surface area contributed by atoms with Gasteiger partial charge in [-0.2, -0.15) is 11.8 Å². The summed E-state index contributed by atoms with van der Waals surface area (Å²) in [6.07, 6.45) is 3.54. The summed E-state index contributed by atoms with van der Waals surface area (Å²) in [6, 6.07) is 9.24. The standard InChI is InChI=1S/C19H25NS2/c1-12-9-15(16-11-19(16,4)21-6)17(10-13(12)2)20(5)18-8-7-14(3)22-18/h7-10,16H,11H2,1-6H3. The third-order valence-electron chi connectivity index (χ3n) is 5.09. The molecule has 0 spiro atoms. The number of anilines is 2. The largest absolute Gasteiger partial charge is 0.336 e. The van der Waals surface area contributed by atoms with E-state index in [1.165, 1.54) is 38.7 Å². The first-order chi connectivity index (χ1) is 10.4. The lowest BCUT2D eigenvalue weighted by atomic mass is 9.99. The highest BCUT2D eigenvalue weighted by Gasteiger charge is 2.51. The highest BCUT2D eigenvalue weighted by Crippen LogP contribution is 2.61. The average molecular weight is 332 g/mol. The fourth-order valence-electron chi connectivity index (χ4n) is 3.12. The fourth-order valence-corrected chi connectivity index (χ4v) is 4.71. The Hall–Kier alpha value is -0.930. The molecular formula is C19H25NS2. The number of hydrogen-bond acceptors (Lipinski definition) is 3. The monoisotopic (exact) mass is 331 g/mol. The second-order valence-corrected chi connectivity index (χ2v) is 9.32. The molecule has 1 nitrogen and oxygen atoms in total. The number of thiophene rings is 1. The maximum Gasteiger partial charge on any atom is 0.0953 e. The smallest absolute Gasteiger partial charge is 0.0953 e. The van der Waals surface area contributed by atoms with Crippen LogP contribution in [-0.2, 0) is 0 Å². The summed E-state index contributed by atoms with van der Waals surface area (Å²) in [7, 11) is 2.21. The van der Waals surface area contributed by atoms with Crippen molar-refractivity contribution < 1.29 is 0 Å². The van der Waals surface area contributed by atoms with Crippen molar-refractivity contribution in [2.75, 3.05) is 18.2 Å². The normalized spacial score (nSPS) is 23.6. The maximum atomic E-state index is 2.42. The molecule has 0 saturated heterocycles. The molecule has 0 aliphatic heterocycles. The van der Waals surface area contributed by atoms with E-state index in [4.69, 9.17) is 0 Å². The molecule has 1 aliphatic rings. The van der Waals surface area contributed by atoms with E-state index in [0.717, 1.165) is 0 Å². The van der Waals surface area contributed by atoms with Gasteiger partial charge in [-0.1, -0.05) is 6.07 Å². The van der Waals surface area contributed by atoms with Crippen LogP contribution < -0.4 is 4.90 Å². The topological polar surface area (TPSA) is 3.24 Å².